The molecule has 0 fully saturated rings. The Balaban J connectivity index is 1.60. The molecule has 1 aromatic heterocycles. The third-order valence-electron chi connectivity index (χ3n) is 3.77. The van der Waals surface area contributed by atoms with Gasteiger partial charge in [0.15, 0.2) is 0 Å². The van der Waals surface area contributed by atoms with Crippen LogP contribution >= 0.6 is 0 Å². The average molecular weight is 351 g/mol. The van der Waals surface area contributed by atoms with Crippen molar-refractivity contribution in [3.63, 3.8) is 0 Å². The summed E-state index contributed by atoms with van der Waals surface area (Å²) in [6, 6.07) is 16.7. The van der Waals surface area contributed by atoms with Gasteiger partial charge in [-0.25, -0.2) is 9.37 Å². The van der Waals surface area contributed by atoms with Gasteiger partial charge in [-0.2, -0.15) is 0 Å². The Morgan fingerprint density at radius 2 is 1.96 bits per heavy atom. The highest BCUT2D eigenvalue weighted by molar-refractivity contribution is 6.03. The number of para-hydroxylation sites is 1. The average Bonchev–Trinajstić information content (AvgIpc) is 2.67. The molecule has 0 spiro atoms. The number of hydrogen-bond acceptors (Lipinski definition) is 4. The number of methoxy groups -OCH3 is 1. The molecule has 0 saturated carbocycles. The monoisotopic (exact) mass is 351 g/mol. The highest BCUT2D eigenvalue weighted by atomic mass is 19.1. The van der Waals surface area contributed by atoms with E-state index in [1.54, 1.807) is 25.4 Å². The van der Waals surface area contributed by atoms with Crippen molar-refractivity contribution in [2.45, 2.75) is 6.54 Å². The Hall–Kier alpha value is -3.41. The Kier molecular flexibility index (Phi) is 5.43. The van der Waals surface area contributed by atoms with Crippen LogP contribution in [0.15, 0.2) is 66.9 Å². The fourth-order valence-electron chi connectivity index (χ4n) is 2.44. The predicted octanol–water partition coefficient (Wildman–Crippen LogP) is 4.09. The quantitative estimate of drug-likeness (QED) is 0.702. The molecule has 0 radical (unpaired) electrons. The molecule has 0 unspecified atom stereocenters. The van der Waals surface area contributed by atoms with Crippen molar-refractivity contribution >= 4 is 17.4 Å². The molecule has 2 N–H and O–H groups in total. The molecule has 0 aliphatic rings. The van der Waals surface area contributed by atoms with Crippen LogP contribution in [0.25, 0.3) is 0 Å². The second kappa shape index (κ2) is 8.11. The van der Waals surface area contributed by atoms with Crippen LogP contribution < -0.4 is 15.4 Å². The molecular weight excluding hydrogens is 333 g/mol. The van der Waals surface area contributed by atoms with Crippen LogP contribution in [-0.4, -0.2) is 18.0 Å². The summed E-state index contributed by atoms with van der Waals surface area (Å²) in [6.07, 6.45) is 1.62. The number of aromatic nitrogens is 1. The van der Waals surface area contributed by atoms with E-state index in [0.29, 0.717) is 12.4 Å². The van der Waals surface area contributed by atoms with Crippen molar-refractivity contribution in [3.8, 4) is 5.75 Å². The fraction of sp³-hybridized carbons (Fsp3) is 0.100. The first-order valence-electron chi connectivity index (χ1n) is 8.04. The van der Waals surface area contributed by atoms with E-state index in [1.165, 1.54) is 18.2 Å². The summed E-state index contributed by atoms with van der Waals surface area (Å²) in [7, 11) is 1.64. The van der Waals surface area contributed by atoms with Crippen molar-refractivity contribution < 1.29 is 13.9 Å². The number of ether oxygens (including phenoxy) is 1. The van der Waals surface area contributed by atoms with E-state index >= 15 is 0 Å². The number of carbonyl (C=O) groups excluding carboxylic acids is 1. The summed E-state index contributed by atoms with van der Waals surface area (Å²) < 4.78 is 18.5. The molecule has 132 valence electrons. The number of halogens is 1. The number of rotatable bonds is 6. The number of carbonyl (C=O) groups is 1. The molecule has 3 rings (SSSR count). The molecule has 3 aromatic rings. The summed E-state index contributed by atoms with van der Waals surface area (Å²) in [5.41, 5.74) is 2.07. The van der Waals surface area contributed by atoms with E-state index in [2.05, 4.69) is 15.6 Å². The van der Waals surface area contributed by atoms with E-state index in [-0.39, 0.29) is 5.56 Å². The lowest BCUT2D eigenvalue weighted by Crippen LogP contribution is -2.13. The van der Waals surface area contributed by atoms with Crippen LogP contribution in [0.3, 0.4) is 0 Å². The lowest BCUT2D eigenvalue weighted by molar-refractivity contribution is 0.102. The van der Waals surface area contributed by atoms with Crippen LogP contribution in [-0.2, 0) is 6.54 Å². The molecule has 26 heavy (non-hydrogen) atoms. The van der Waals surface area contributed by atoms with Crippen LogP contribution in [0.2, 0.25) is 0 Å². The molecule has 0 saturated heterocycles. The van der Waals surface area contributed by atoms with E-state index < -0.39 is 11.7 Å². The molecule has 1 amide bonds. The number of hydrogen-bond donors (Lipinski definition) is 2. The van der Waals surface area contributed by atoms with Gasteiger partial charge >= 0.3 is 0 Å². The molecule has 0 bridgehead atoms. The van der Waals surface area contributed by atoms with E-state index in [1.807, 2.05) is 30.3 Å². The van der Waals surface area contributed by atoms with Gasteiger partial charge in [0.05, 0.1) is 19.0 Å². The minimum Gasteiger partial charge on any atom is -0.496 e. The first-order chi connectivity index (χ1) is 12.7. The van der Waals surface area contributed by atoms with Crippen molar-refractivity contribution in [2.24, 2.45) is 0 Å². The van der Waals surface area contributed by atoms with Gasteiger partial charge in [0, 0.05) is 17.7 Å². The van der Waals surface area contributed by atoms with Crippen LogP contribution in [0, 0.1) is 5.82 Å². The normalized spacial score (nSPS) is 10.2. The summed E-state index contributed by atoms with van der Waals surface area (Å²) in [6.45, 7) is 0.584. The van der Waals surface area contributed by atoms with Crippen molar-refractivity contribution in [3.05, 3.63) is 83.8 Å². The molecular formula is C20H18FN3O2. The SMILES string of the molecule is COc1ccccc1CNc1ccc(NC(=O)c2cccc(F)c2)nc1. The van der Waals surface area contributed by atoms with Crippen molar-refractivity contribution in [1.29, 1.82) is 0 Å². The minimum atomic E-state index is -0.457. The summed E-state index contributed by atoms with van der Waals surface area (Å²) in [5, 5.41) is 5.89. The molecule has 0 atom stereocenters. The maximum absolute atomic E-state index is 13.2. The topological polar surface area (TPSA) is 63.2 Å². The van der Waals surface area contributed by atoms with Gasteiger partial charge in [-0.3, -0.25) is 4.79 Å². The zero-order chi connectivity index (χ0) is 18.4. The highest BCUT2D eigenvalue weighted by Crippen LogP contribution is 2.19. The molecule has 1 heterocycles. The number of benzene rings is 2. The largest absolute Gasteiger partial charge is 0.496 e. The lowest BCUT2D eigenvalue weighted by Gasteiger charge is -2.11. The highest BCUT2D eigenvalue weighted by Gasteiger charge is 2.08. The Morgan fingerprint density at radius 3 is 2.69 bits per heavy atom. The maximum atomic E-state index is 13.2. The van der Waals surface area contributed by atoms with Gasteiger partial charge in [-0.1, -0.05) is 24.3 Å². The minimum absolute atomic E-state index is 0.241. The number of amides is 1. The third kappa shape index (κ3) is 4.36. The zero-order valence-electron chi connectivity index (χ0n) is 14.2. The molecule has 0 aliphatic heterocycles. The van der Waals surface area contributed by atoms with Crippen LogP contribution in [0.5, 0.6) is 5.75 Å². The molecule has 0 aliphatic carbocycles. The number of anilines is 2. The Morgan fingerprint density at radius 1 is 1.12 bits per heavy atom. The van der Waals surface area contributed by atoms with Gasteiger partial charge in [-0.15, -0.1) is 0 Å². The molecule has 2 aromatic carbocycles. The summed E-state index contributed by atoms with van der Waals surface area (Å²) >= 11 is 0. The second-order valence-electron chi connectivity index (χ2n) is 5.56. The smallest absolute Gasteiger partial charge is 0.256 e. The molecule has 5 nitrogen and oxygen atoms in total. The number of pyridine rings is 1. The van der Waals surface area contributed by atoms with Crippen LogP contribution in [0.1, 0.15) is 15.9 Å². The van der Waals surface area contributed by atoms with Crippen molar-refractivity contribution in [1.82, 2.24) is 4.98 Å². The second-order valence-corrected chi connectivity index (χ2v) is 5.56. The first kappa shape index (κ1) is 17.4. The third-order valence-corrected chi connectivity index (χ3v) is 3.77. The fourth-order valence-corrected chi connectivity index (χ4v) is 2.44. The Bertz CT molecular complexity index is 898. The van der Waals surface area contributed by atoms with Gasteiger partial charge in [-0.05, 0) is 36.4 Å². The van der Waals surface area contributed by atoms with E-state index in [9.17, 15) is 9.18 Å². The summed E-state index contributed by atoms with van der Waals surface area (Å²) in [5.74, 6) is 0.335. The zero-order valence-corrected chi connectivity index (χ0v) is 14.2. The Labute approximate surface area is 150 Å². The van der Waals surface area contributed by atoms with E-state index in [0.717, 1.165) is 17.0 Å². The maximum Gasteiger partial charge on any atom is 0.256 e. The van der Waals surface area contributed by atoms with E-state index in [4.69, 9.17) is 4.74 Å². The standard InChI is InChI=1S/C20H18FN3O2/c1-26-18-8-3-2-5-15(18)12-22-17-9-10-19(23-13-17)24-20(25)14-6-4-7-16(21)11-14/h2-11,13,22H,12H2,1H3,(H,23,24,25). The van der Waals surface area contributed by atoms with Crippen LogP contribution in [0.4, 0.5) is 15.9 Å². The van der Waals surface area contributed by atoms with Gasteiger partial charge in [0.1, 0.15) is 17.4 Å². The van der Waals surface area contributed by atoms with Crippen molar-refractivity contribution in [2.75, 3.05) is 17.7 Å². The lowest BCUT2D eigenvalue weighted by atomic mass is 10.2. The predicted molar refractivity (Wildman–Crippen MR) is 98.9 cm³/mol. The summed E-state index contributed by atoms with van der Waals surface area (Å²) in [4.78, 5) is 16.3. The first-order valence-corrected chi connectivity index (χ1v) is 8.04. The van der Waals surface area contributed by atoms with Gasteiger partial charge < -0.3 is 15.4 Å². The van der Waals surface area contributed by atoms with Gasteiger partial charge in [0.25, 0.3) is 5.91 Å². The number of nitrogens with one attached hydrogen (secondary N) is 2. The van der Waals surface area contributed by atoms with Gasteiger partial charge in [0.2, 0.25) is 0 Å². The molecule has 6 heteroatoms. The number of nitrogens with zero attached hydrogens (tertiary/aromatic N) is 1.